The van der Waals surface area contributed by atoms with Gasteiger partial charge in [0.25, 0.3) is 5.91 Å². The number of para-hydroxylation sites is 2. The molecule has 198 valence electrons. The minimum atomic E-state index is -0.175. The first-order chi connectivity index (χ1) is 18.3. The Morgan fingerprint density at radius 2 is 1.55 bits per heavy atom. The molecule has 1 saturated heterocycles. The highest BCUT2D eigenvalue weighted by atomic mass is 79.9. The number of hydrogen-bond acceptors (Lipinski definition) is 5. The van der Waals surface area contributed by atoms with Crippen molar-refractivity contribution in [2.75, 3.05) is 12.0 Å². The second-order valence-electron chi connectivity index (χ2n) is 9.13. The van der Waals surface area contributed by atoms with E-state index in [4.69, 9.17) is 9.73 Å². The number of halogens is 2. The summed E-state index contributed by atoms with van der Waals surface area (Å²) >= 11 is 8.18. The Balaban J connectivity index is 0.000000603. The summed E-state index contributed by atoms with van der Waals surface area (Å²) < 4.78 is 6.34. The highest BCUT2D eigenvalue weighted by Crippen LogP contribution is 2.44. The van der Waals surface area contributed by atoms with Gasteiger partial charge in [-0.15, -0.1) is 0 Å². The Bertz CT molecular complexity index is 1360. The van der Waals surface area contributed by atoms with Gasteiger partial charge in [0.1, 0.15) is 0 Å². The summed E-state index contributed by atoms with van der Waals surface area (Å²) in [7, 11) is 1.48. The summed E-state index contributed by atoms with van der Waals surface area (Å²) in [5.41, 5.74) is 4.36. The van der Waals surface area contributed by atoms with E-state index in [0.29, 0.717) is 30.3 Å². The fourth-order valence-corrected chi connectivity index (χ4v) is 6.15. The predicted octanol–water partition coefficient (Wildman–Crippen LogP) is 9.30. The van der Waals surface area contributed by atoms with Gasteiger partial charge in [-0.05, 0) is 98.4 Å². The average Bonchev–Trinajstić information content (AvgIpc) is 3.60. The van der Waals surface area contributed by atoms with Gasteiger partial charge in [-0.25, -0.2) is 4.99 Å². The lowest BCUT2D eigenvalue weighted by atomic mass is 10.1. The smallest absolute Gasteiger partial charge is 0.271 e. The van der Waals surface area contributed by atoms with Gasteiger partial charge in [-0.2, -0.15) is 0 Å². The van der Waals surface area contributed by atoms with Crippen LogP contribution in [-0.2, 0) is 4.79 Å². The molecule has 1 aliphatic heterocycles. The molecule has 0 bridgehead atoms. The van der Waals surface area contributed by atoms with Gasteiger partial charge in [-0.3, -0.25) is 9.69 Å². The molecule has 1 saturated carbocycles. The second kappa shape index (κ2) is 13.0. The van der Waals surface area contributed by atoms with Crippen LogP contribution in [-0.4, -0.2) is 23.3 Å². The molecule has 2 fully saturated rings. The first kappa shape index (κ1) is 28.5. The second-order valence-corrected chi connectivity index (χ2v) is 11.7. The third-order valence-corrected chi connectivity index (χ3v) is 9.53. The Hall–Kier alpha value is -2.55. The van der Waals surface area contributed by atoms with Crippen molar-refractivity contribution >= 4 is 72.1 Å². The number of phenols is 1. The minimum absolute atomic E-state index is 0.0138. The Kier molecular flexibility index (Phi) is 9.74. The summed E-state index contributed by atoms with van der Waals surface area (Å²) in [4.78, 5) is 20.6. The Morgan fingerprint density at radius 3 is 2.13 bits per heavy atom. The normalized spacial score (nSPS) is 17.2. The molecule has 3 aromatic rings. The zero-order valence-corrected chi connectivity index (χ0v) is 25.6. The number of amides is 1. The molecule has 0 radical (unpaired) electrons. The molecule has 0 spiro atoms. The van der Waals surface area contributed by atoms with Crippen molar-refractivity contribution in [1.29, 1.82) is 0 Å². The van der Waals surface area contributed by atoms with Crippen LogP contribution >= 0.6 is 43.6 Å². The van der Waals surface area contributed by atoms with Crippen LogP contribution in [0.2, 0.25) is 0 Å². The number of benzene rings is 3. The fraction of sp³-hybridized carbons (Fsp3) is 0.267. The van der Waals surface area contributed by atoms with Crippen molar-refractivity contribution in [1.82, 2.24) is 0 Å². The molecule has 1 amide bonds. The molecule has 0 aromatic heterocycles. The number of aromatic hydroxyl groups is 1. The van der Waals surface area contributed by atoms with E-state index in [1.807, 2.05) is 62.4 Å². The number of aryl methyl sites for hydroxylation is 2. The van der Waals surface area contributed by atoms with Crippen LogP contribution in [0.1, 0.15) is 48.8 Å². The number of carbonyl (C=O) groups is 1. The average molecular weight is 658 g/mol. The van der Waals surface area contributed by atoms with E-state index in [2.05, 4.69) is 31.9 Å². The van der Waals surface area contributed by atoms with E-state index in [9.17, 15) is 9.90 Å². The molecule has 0 atom stereocenters. The number of methoxy groups -OCH3 is 1. The summed E-state index contributed by atoms with van der Waals surface area (Å²) in [6.07, 6.45) is 9.27. The van der Waals surface area contributed by atoms with Crippen molar-refractivity contribution in [3.05, 3.63) is 85.1 Å². The number of thioether (sulfide) groups is 1. The zero-order valence-electron chi connectivity index (χ0n) is 21.6. The molecule has 0 unspecified atom stereocenters. The van der Waals surface area contributed by atoms with Crippen LogP contribution in [0.4, 0.5) is 11.4 Å². The van der Waals surface area contributed by atoms with E-state index in [1.165, 1.54) is 51.0 Å². The van der Waals surface area contributed by atoms with Crippen molar-refractivity contribution < 1.29 is 14.6 Å². The van der Waals surface area contributed by atoms with E-state index in [1.54, 1.807) is 17.0 Å². The summed E-state index contributed by atoms with van der Waals surface area (Å²) in [6.45, 7) is 4.02. The zero-order chi connectivity index (χ0) is 27.2. The van der Waals surface area contributed by atoms with Crippen LogP contribution in [0.25, 0.3) is 6.08 Å². The molecule has 1 aliphatic carbocycles. The molecule has 38 heavy (non-hydrogen) atoms. The molecule has 2 aliphatic rings. The number of aliphatic imine (C=N–C) groups is 1. The number of nitrogens with zero attached hydrogens (tertiary/aromatic N) is 2. The van der Waals surface area contributed by atoms with E-state index in [0.717, 1.165) is 22.5 Å². The van der Waals surface area contributed by atoms with Crippen LogP contribution in [0.3, 0.4) is 0 Å². The maximum absolute atomic E-state index is 13.5. The molecule has 8 heteroatoms. The van der Waals surface area contributed by atoms with Gasteiger partial charge in [0.15, 0.2) is 16.7 Å². The standard InChI is InChI=1S/C25H20Br2N2O3S.C5H10/c1-14-8-7-9-15(2)22(14)28-25-29(17-10-5-4-6-11-17)24(31)19(33-25)13-16-12-18(32-3)23(30)21(27)20(16)26;1-2-4-5-3-1/h4-13,30H,1-3H3;1-5H2/b19-13-,28-25?;. The molecule has 5 rings (SSSR count). The number of phenolic OH excluding ortho intramolecular Hbond substituents is 1. The predicted molar refractivity (Wildman–Crippen MR) is 166 cm³/mol. The summed E-state index contributed by atoms with van der Waals surface area (Å²) in [5.74, 6) is 0.114. The quantitative estimate of drug-likeness (QED) is 0.284. The lowest BCUT2D eigenvalue weighted by Gasteiger charge is -2.16. The molecular formula is C30H30Br2N2O3S. The van der Waals surface area contributed by atoms with E-state index in [-0.39, 0.29) is 11.7 Å². The van der Waals surface area contributed by atoms with Gasteiger partial charge in [-0.1, -0.05) is 68.5 Å². The lowest BCUT2D eigenvalue weighted by Crippen LogP contribution is -2.28. The maximum atomic E-state index is 13.5. The van der Waals surface area contributed by atoms with Gasteiger partial charge in [0, 0.05) is 4.47 Å². The number of anilines is 1. The van der Waals surface area contributed by atoms with Gasteiger partial charge in [0.2, 0.25) is 0 Å². The highest BCUT2D eigenvalue weighted by molar-refractivity contribution is 9.13. The summed E-state index contributed by atoms with van der Waals surface area (Å²) in [6, 6.07) is 17.2. The van der Waals surface area contributed by atoms with Crippen LogP contribution in [0.15, 0.2) is 73.4 Å². The number of ether oxygens (including phenoxy) is 1. The Morgan fingerprint density at radius 1 is 0.947 bits per heavy atom. The fourth-order valence-electron chi connectivity index (χ4n) is 4.33. The van der Waals surface area contributed by atoms with E-state index >= 15 is 0 Å². The lowest BCUT2D eigenvalue weighted by molar-refractivity contribution is -0.113. The largest absolute Gasteiger partial charge is 0.503 e. The molecular weight excluding hydrogens is 628 g/mol. The van der Waals surface area contributed by atoms with E-state index < -0.39 is 0 Å². The Labute approximate surface area is 245 Å². The van der Waals surface area contributed by atoms with Crippen LogP contribution < -0.4 is 9.64 Å². The molecule has 1 heterocycles. The topological polar surface area (TPSA) is 62.1 Å². The molecule has 3 aromatic carbocycles. The third-order valence-electron chi connectivity index (χ3n) is 6.40. The molecule has 1 N–H and O–H groups in total. The number of hydrogen-bond donors (Lipinski definition) is 1. The van der Waals surface area contributed by atoms with Crippen molar-refractivity contribution in [3.8, 4) is 11.5 Å². The number of rotatable bonds is 4. The number of carbonyl (C=O) groups excluding carboxylic acids is 1. The van der Waals surface area contributed by atoms with Gasteiger partial charge in [0.05, 0.1) is 27.9 Å². The molecule has 5 nitrogen and oxygen atoms in total. The first-order valence-corrected chi connectivity index (χ1v) is 14.9. The summed E-state index contributed by atoms with van der Waals surface area (Å²) in [5, 5.41) is 10.8. The SMILES string of the molecule is C1CCCC1.COc1cc(/C=C2\SC(=Nc3c(C)cccc3C)N(c3ccccc3)C2=O)c(Br)c(Br)c1O. The highest BCUT2D eigenvalue weighted by Gasteiger charge is 2.35. The van der Waals surface area contributed by atoms with Crippen molar-refractivity contribution in [3.63, 3.8) is 0 Å². The van der Waals surface area contributed by atoms with Gasteiger partial charge >= 0.3 is 0 Å². The monoisotopic (exact) mass is 656 g/mol. The van der Waals surface area contributed by atoms with Gasteiger partial charge < -0.3 is 9.84 Å². The maximum Gasteiger partial charge on any atom is 0.271 e. The first-order valence-electron chi connectivity index (χ1n) is 12.5. The van der Waals surface area contributed by atoms with Crippen molar-refractivity contribution in [2.24, 2.45) is 4.99 Å². The van der Waals surface area contributed by atoms with Crippen LogP contribution in [0, 0.1) is 13.8 Å². The third kappa shape index (κ3) is 6.35. The van der Waals surface area contributed by atoms with Crippen LogP contribution in [0.5, 0.6) is 11.5 Å². The number of amidine groups is 1. The minimum Gasteiger partial charge on any atom is -0.503 e. The van der Waals surface area contributed by atoms with Crippen molar-refractivity contribution in [2.45, 2.75) is 46.0 Å².